The van der Waals surface area contributed by atoms with Crippen molar-refractivity contribution < 1.29 is 19.1 Å². The molecule has 7 heteroatoms. The summed E-state index contributed by atoms with van der Waals surface area (Å²) in [5.41, 5.74) is 1.08. The van der Waals surface area contributed by atoms with E-state index >= 15 is 0 Å². The summed E-state index contributed by atoms with van der Waals surface area (Å²) in [4.78, 5) is 23.3. The van der Waals surface area contributed by atoms with Gasteiger partial charge in [-0.25, -0.2) is 4.79 Å². The second kappa shape index (κ2) is 8.12. The van der Waals surface area contributed by atoms with Crippen LogP contribution in [0.1, 0.15) is 10.4 Å². The Morgan fingerprint density at radius 3 is 2.39 bits per heavy atom. The number of anilines is 1. The van der Waals surface area contributed by atoms with E-state index in [9.17, 15) is 9.59 Å². The Kier molecular flexibility index (Phi) is 6.18. The lowest BCUT2D eigenvalue weighted by Gasteiger charge is -2.10. The van der Waals surface area contributed by atoms with Crippen molar-refractivity contribution in [2.75, 3.05) is 19.0 Å². The molecule has 0 radical (unpaired) electrons. The van der Waals surface area contributed by atoms with Crippen molar-refractivity contribution in [2.24, 2.45) is 0 Å². The molecule has 0 heterocycles. The van der Waals surface area contributed by atoms with Crippen LogP contribution in [0, 0.1) is 0 Å². The van der Waals surface area contributed by atoms with Gasteiger partial charge in [0.15, 0.2) is 6.61 Å². The topological polar surface area (TPSA) is 64.6 Å². The molecule has 23 heavy (non-hydrogen) atoms. The lowest BCUT2D eigenvalue weighted by molar-refractivity contribution is -0.118. The lowest BCUT2D eigenvalue weighted by Crippen LogP contribution is -2.20. The van der Waals surface area contributed by atoms with Gasteiger partial charge in [-0.3, -0.25) is 4.79 Å². The van der Waals surface area contributed by atoms with E-state index in [4.69, 9.17) is 4.74 Å². The van der Waals surface area contributed by atoms with E-state index in [1.54, 1.807) is 30.3 Å². The third-order valence-corrected chi connectivity index (χ3v) is 3.99. The summed E-state index contributed by atoms with van der Waals surface area (Å²) in [5.74, 6) is -0.259. The highest BCUT2D eigenvalue weighted by Crippen LogP contribution is 2.26. The Bertz CT molecular complexity index is 717. The van der Waals surface area contributed by atoms with Gasteiger partial charge in [0.2, 0.25) is 0 Å². The van der Waals surface area contributed by atoms with Gasteiger partial charge in [0.05, 0.1) is 17.1 Å². The fourth-order valence-electron chi connectivity index (χ4n) is 1.74. The van der Waals surface area contributed by atoms with Crippen molar-refractivity contribution in [1.82, 2.24) is 0 Å². The summed E-state index contributed by atoms with van der Waals surface area (Å²) < 4.78 is 11.6. The summed E-state index contributed by atoms with van der Waals surface area (Å²) in [6, 6.07) is 12.0. The lowest BCUT2D eigenvalue weighted by atomic mass is 10.2. The third kappa shape index (κ3) is 5.07. The molecule has 2 rings (SSSR count). The normalized spacial score (nSPS) is 10.0. The first-order valence-corrected chi connectivity index (χ1v) is 8.14. The molecule has 0 unspecified atom stereocenters. The van der Waals surface area contributed by atoms with E-state index < -0.39 is 5.97 Å². The van der Waals surface area contributed by atoms with Gasteiger partial charge in [0.25, 0.3) is 5.91 Å². The first kappa shape index (κ1) is 17.5. The second-order valence-corrected chi connectivity index (χ2v) is 6.25. The van der Waals surface area contributed by atoms with Gasteiger partial charge in [-0.2, -0.15) is 0 Å². The average molecular weight is 443 g/mol. The molecule has 0 saturated carbocycles. The van der Waals surface area contributed by atoms with Crippen LogP contribution in [0.15, 0.2) is 51.4 Å². The first-order chi connectivity index (χ1) is 11.0. The molecule has 1 N–H and O–H groups in total. The highest BCUT2D eigenvalue weighted by atomic mass is 79.9. The number of benzene rings is 2. The SMILES string of the molecule is COC(=O)c1ccc(OCC(=O)Nc2ccc(Br)cc2)c(Br)c1. The molecule has 2 aromatic carbocycles. The minimum Gasteiger partial charge on any atom is -0.483 e. The summed E-state index contributed by atoms with van der Waals surface area (Å²) in [5, 5.41) is 2.72. The molecule has 5 nitrogen and oxygen atoms in total. The van der Waals surface area contributed by atoms with Crippen LogP contribution in [0.3, 0.4) is 0 Å². The van der Waals surface area contributed by atoms with E-state index in [-0.39, 0.29) is 12.5 Å². The first-order valence-electron chi connectivity index (χ1n) is 6.55. The van der Waals surface area contributed by atoms with E-state index in [1.807, 2.05) is 12.1 Å². The number of methoxy groups -OCH3 is 1. The van der Waals surface area contributed by atoms with Crippen molar-refractivity contribution in [3.05, 3.63) is 57.0 Å². The molecule has 0 atom stereocenters. The van der Waals surface area contributed by atoms with Crippen LogP contribution in [0.2, 0.25) is 0 Å². The summed E-state index contributed by atoms with van der Waals surface area (Å²) in [6.45, 7) is -0.147. The standard InChI is InChI=1S/C16H13Br2NO4/c1-22-16(21)10-2-7-14(13(18)8-10)23-9-15(20)19-12-5-3-11(17)4-6-12/h2-8H,9H2,1H3,(H,19,20). The summed E-state index contributed by atoms with van der Waals surface area (Å²) in [6.07, 6.45) is 0. The van der Waals surface area contributed by atoms with Crippen LogP contribution in [-0.2, 0) is 9.53 Å². The van der Waals surface area contributed by atoms with Crippen LogP contribution in [-0.4, -0.2) is 25.6 Å². The molecule has 0 aromatic heterocycles. The zero-order valence-electron chi connectivity index (χ0n) is 12.1. The molecule has 0 spiro atoms. The molecule has 0 aliphatic heterocycles. The van der Waals surface area contributed by atoms with Gasteiger partial charge in [0, 0.05) is 10.2 Å². The van der Waals surface area contributed by atoms with Gasteiger partial charge in [0.1, 0.15) is 5.75 Å². The number of rotatable bonds is 5. The third-order valence-electron chi connectivity index (χ3n) is 2.84. The van der Waals surface area contributed by atoms with E-state index in [0.717, 1.165) is 4.47 Å². The quantitative estimate of drug-likeness (QED) is 0.710. The van der Waals surface area contributed by atoms with Gasteiger partial charge in [-0.05, 0) is 58.4 Å². The maximum absolute atomic E-state index is 11.9. The molecule has 0 saturated heterocycles. The van der Waals surface area contributed by atoms with Gasteiger partial charge in [-0.1, -0.05) is 15.9 Å². The zero-order valence-corrected chi connectivity index (χ0v) is 15.3. The molecular weight excluding hydrogens is 430 g/mol. The highest BCUT2D eigenvalue weighted by molar-refractivity contribution is 9.10. The predicted molar refractivity (Wildman–Crippen MR) is 93.7 cm³/mol. The average Bonchev–Trinajstić information content (AvgIpc) is 2.55. The number of esters is 1. The fraction of sp³-hybridized carbons (Fsp3) is 0.125. The zero-order chi connectivity index (χ0) is 16.8. The Balaban J connectivity index is 1.93. The molecule has 0 aliphatic carbocycles. The molecule has 0 aliphatic rings. The number of nitrogens with one attached hydrogen (secondary N) is 1. The Morgan fingerprint density at radius 2 is 1.78 bits per heavy atom. The molecule has 120 valence electrons. The van der Waals surface area contributed by atoms with Crippen molar-refractivity contribution in [3.63, 3.8) is 0 Å². The highest BCUT2D eigenvalue weighted by Gasteiger charge is 2.10. The van der Waals surface area contributed by atoms with Crippen molar-refractivity contribution >= 4 is 49.4 Å². The number of ether oxygens (including phenoxy) is 2. The van der Waals surface area contributed by atoms with Crippen LogP contribution >= 0.6 is 31.9 Å². The number of carbonyl (C=O) groups is 2. The van der Waals surface area contributed by atoms with Crippen molar-refractivity contribution in [2.45, 2.75) is 0 Å². The summed E-state index contributed by atoms with van der Waals surface area (Å²) >= 11 is 6.63. The molecule has 1 amide bonds. The Hall–Kier alpha value is -1.86. The summed E-state index contributed by atoms with van der Waals surface area (Å²) in [7, 11) is 1.31. The van der Waals surface area contributed by atoms with Crippen LogP contribution in [0.5, 0.6) is 5.75 Å². The molecular formula is C16H13Br2NO4. The second-order valence-electron chi connectivity index (χ2n) is 4.48. The molecule has 0 fully saturated rings. The minimum absolute atomic E-state index is 0.147. The largest absolute Gasteiger partial charge is 0.483 e. The van der Waals surface area contributed by atoms with Crippen LogP contribution in [0.25, 0.3) is 0 Å². The van der Waals surface area contributed by atoms with E-state index in [1.165, 1.54) is 7.11 Å². The number of hydrogen-bond donors (Lipinski definition) is 1. The Labute approximate surface area is 150 Å². The van der Waals surface area contributed by atoms with Gasteiger partial charge < -0.3 is 14.8 Å². The van der Waals surface area contributed by atoms with Gasteiger partial charge >= 0.3 is 5.97 Å². The van der Waals surface area contributed by atoms with Crippen molar-refractivity contribution in [1.29, 1.82) is 0 Å². The number of amides is 1. The minimum atomic E-state index is -0.440. The molecule has 2 aromatic rings. The number of halogens is 2. The fourth-order valence-corrected chi connectivity index (χ4v) is 2.49. The van der Waals surface area contributed by atoms with Gasteiger partial charge in [-0.15, -0.1) is 0 Å². The monoisotopic (exact) mass is 441 g/mol. The van der Waals surface area contributed by atoms with Crippen molar-refractivity contribution in [3.8, 4) is 5.75 Å². The predicted octanol–water partition coefficient (Wildman–Crippen LogP) is 4.02. The maximum Gasteiger partial charge on any atom is 0.337 e. The number of carbonyl (C=O) groups excluding carboxylic acids is 2. The smallest absolute Gasteiger partial charge is 0.337 e. The van der Waals surface area contributed by atoms with Crippen LogP contribution < -0.4 is 10.1 Å². The van der Waals surface area contributed by atoms with Crippen LogP contribution in [0.4, 0.5) is 5.69 Å². The van der Waals surface area contributed by atoms with E-state index in [0.29, 0.717) is 21.5 Å². The maximum atomic E-state index is 11.9. The molecule has 0 bridgehead atoms. The number of hydrogen-bond acceptors (Lipinski definition) is 4. The Morgan fingerprint density at radius 1 is 1.09 bits per heavy atom. The van der Waals surface area contributed by atoms with E-state index in [2.05, 4.69) is 41.9 Å².